The molecule has 0 aliphatic heterocycles. The maximum absolute atomic E-state index is 11.6. The molecule has 0 radical (unpaired) electrons. The van der Waals surface area contributed by atoms with Crippen LogP contribution < -0.4 is 0 Å². The van der Waals surface area contributed by atoms with Crippen molar-refractivity contribution in [1.82, 2.24) is 0 Å². The number of carbonyl (C=O) groups is 3. The maximum atomic E-state index is 11.6. The van der Waals surface area contributed by atoms with E-state index in [9.17, 15) is 19.5 Å². The average Bonchev–Trinajstić information content (AvgIpc) is 2.80. The van der Waals surface area contributed by atoms with Gasteiger partial charge in [-0.3, -0.25) is 14.4 Å². The lowest BCUT2D eigenvalue weighted by atomic mass is 9.70. The number of rotatable bonds is 3. The first-order chi connectivity index (χ1) is 8.50. The van der Waals surface area contributed by atoms with Crippen molar-refractivity contribution in [3.63, 3.8) is 0 Å². The Hall–Kier alpha value is -2.11. The number of Topliss-reactive ketones (excluding diaryl/α,β-unsaturated/α-hetero) is 1. The molecule has 6 heteroatoms. The van der Waals surface area contributed by atoms with E-state index in [4.69, 9.17) is 9.52 Å². The Morgan fingerprint density at radius 1 is 1.22 bits per heavy atom. The Labute approximate surface area is 102 Å². The average molecular weight is 252 g/mol. The van der Waals surface area contributed by atoms with Crippen LogP contribution in [0, 0.1) is 11.8 Å². The minimum absolute atomic E-state index is 0.00819. The number of aliphatic carboxylic acids is 2. The molecule has 0 aromatic carbocycles. The predicted molar refractivity (Wildman–Crippen MR) is 57.9 cm³/mol. The molecule has 3 unspecified atom stereocenters. The quantitative estimate of drug-likeness (QED) is 0.835. The summed E-state index contributed by atoms with van der Waals surface area (Å²) in [6, 6.07) is 3.15. The van der Waals surface area contributed by atoms with Crippen molar-refractivity contribution in [2.45, 2.75) is 18.8 Å². The van der Waals surface area contributed by atoms with Gasteiger partial charge in [-0.05, 0) is 12.1 Å². The molecular formula is C12H12O6. The van der Waals surface area contributed by atoms with E-state index in [1.165, 1.54) is 6.26 Å². The smallest absolute Gasteiger partial charge is 0.308 e. The number of carboxylic acids is 2. The fourth-order valence-corrected chi connectivity index (χ4v) is 2.47. The first-order valence-corrected chi connectivity index (χ1v) is 5.51. The highest BCUT2D eigenvalue weighted by molar-refractivity contribution is 5.90. The molecule has 1 fully saturated rings. The molecule has 1 saturated carbocycles. The van der Waals surface area contributed by atoms with Gasteiger partial charge in [0.25, 0.3) is 0 Å². The third-order valence-corrected chi connectivity index (χ3v) is 3.27. The molecule has 18 heavy (non-hydrogen) atoms. The van der Waals surface area contributed by atoms with Gasteiger partial charge in [-0.2, -0.15) is 0 Å². The second-order valence-electron chi connectivity index (χ2n) is 4.38. The van der Waals surface area contributed by atoms with Crippen LogP contribution in [0.2, 0.25) is 0 Å². The number of ketones is 1. The third-order valence-electron chi connectivity index (χ3n) is 3.27. The summed E-state index contributed by atoms with van der Waals surface area (Å²) in [5, 5.41) is 18.2. The van der Waals surface area contributed by atoms with Crippen molar-refractivity contribution in [1.29, 1.82) is 0 Å². The van der Waals surface area contributed by atoms with E-state index in [0.29, 0.717) is 5.76 Å². The summed E-state index contributed by atoms with van der Waals surface area (Å²) >= 11 is 0. The van der Waals surface area contributed by atoms with Crippen molar-refractivity contribution in [3.8, 4) is 0 Å². The second-order valence-corrected chi connectivity index (χ2v) is 4.38. The number of carboxylic acid groups (broad SMARTS) is 2. The molecule has 2 N–H and O–H groups in total. The van der Waals surface area contributed by atoms with Gasteiger partial charge in [-0.25, -0.2) is 0 Å². The van der Waals surface area contributed by atoms with E-state index in [1.807, 2.05) is 0 Å². The van der Waals surface area contributed by atoms with Crippen LogP contribution in [0.15, 0.2) is 22.8 Å². The lowest BCUT2D eigenvalue weighted by Gasteiger charge is -2.31. The van der Waals surface area contributed by atoms with E-state index < -0.39 is 29.7 Å². The highest BCUT2D eigenvalue weighted by Crippen LogP contribution is 2.40. The van der Waals surface area contributed by atoms with Gasteiger partial charge >= 0.3 is 11.9 Å². The van der Waals surface area contributed by atoms with E-state index in [2.05, 4.69) is 0 Å². The van der Waals surface area contributed by atoms with Crippen LogP contribution >= 0.6 is 0 Å². The summed E-state index contributed by atoms with van der Waals surface area (Å²) in [7, 11) is 0. The molecule has 1 heterocycles. The fourth-order valence-electron chi connectivity index (χ4n) is 2.47. The Bertz CT molecular complexity index is 475. The SMILES string of the molecule is O=C1CC(C(=O)O)C(C(=O)O)C(c2ccco2)C1. The summed E-state index contributed by atoms with van der Waals surface area (Å²) in [5.74, 6) is -5.41. The Morgan fingerprint density at radius 3 is 2.44 bits per heavy atom. The van der Waals surface area contributed by atoms with Crippen LogP contribution in [-0.4, -0.2) is 27.9 Å². The van der Waals surface area contributed by atoms with Crippen LogP contribution in [0.25, 0.3) is 0 Å². The Kier molecular flexibility index (Phi) is 3.18. The van der Waals surface area contributed by atoms with Crippen LogP contribution in [0.5, 0.6) is 0 Å². The van der Waals surface area contributed by atoms with Crippen molar-refractivity contribution in [2.24, 2.45) is 11.8 Å². The molecule has 96 valence electrons. The van der Waals surface area contributed by atoms with E-state index in [0.717, 1.165) is 0 Å². The van der Waals surface area contributed by atoms with Crippen LogP contribution in [0.3, 0.4) is 0 Å². The highest BCUT2D eigenvalue weighted by Gasteiger charge is 2.46. The zero-order valence-corrected chi connectivity index (χ0v) is 9.41. The zero-order valence-electron chi connectivity index (χ0n) is 9.41. The van der Waals surface area contributed by atoms with E-state index >= 15 is 0 Å². The lowest BCUT2D eigenvalue weighted by Crippen LogP contribution is -2.40. The van der Waals surface area contributed by atoms with E-state index in [-0.39, 0.29) is 18.6 Å². The number of carbonyl (C=O) groups excluding carboxylic acids is 1. The van der Waals surface area contributed by atoms with Gasteiger partial charge in [0.2, 0.25) is 0 Å². The summed E-state index contributed by atoms with van der Waals surface area (Å²) in [6.45, 7) is 0. The van der Waals surface area contributed by atoms with Crippen LogP contribution in [0.1, 0.15) is 24.5 Å². The second kappa shape index (κ2) is 4.64. The van der Waals surface area contributed by atoms with Crippen LogP contribution in [-0.2, 0) is 14.4 Å². The molecule has 1 aliphatic rings. The zero-order chi connectivity index (χ0) is 13.3. The van der Waals surface area contributed by atoms with Gasteiger partial charge in [0.1, 0.15) is 11.5 Å². The summed E-state index contributed by atoms with van der Waals surface area (Å²) in [6.07, 6.45) is 1.15. The van der Waals surface area contributed by atoms with Crippen molar-refractivity contribution in [2.75, 3.05) is 0 Å². The minimum atomic E-state index is -1.26. The predicted octanol–water partition coefficient (Wildman–Crippen LogP) is 1.13. The number of hydrogen-bond acceptors (Lipinski definition) is 4. The summed E-state index contributed by atoms with van der Waals surface area (Å²) < 4.78 is 5.12. The monoisotopic (exact) mass is 252 g/mol. The maximum Gasteiger partial charge on any atom is 0.308 e. The largest absolute Gasteiger partial charge is 0.481 e. The molecule has 0 amide bonds. The van der Waals surface area contributed by atoms with Gasteiger partial charge < -0.3 is 14.6 Å². The van der Waals surface area contributed by atoms with Gasteiger partial charge in [0.15, 0.2) is 0 Å². The molecule has 0 spiro atoms. The van der Waals surface area contributed by atoms with Gasteiger partial charge in [0.05, 0.1) is 18.1 Å². The molecule has 6 nitrogen and oxygen atoms in total. The summed E-state index contributed by atoms with van der Waals surface area (Å²) in [5.41, 5.74) is 0. The van der Waals surface area contributed by atoms with Gasteiger partial charge in [-0.1, -0.05) is 0 Å². The first kappa shape index (κ1) is 12.3. The molecule has 1 aromatic rings. The molecule has 3 atom stereocenters. The van der Waals surface area contributed by atoms with E-state index in [1.54, 1.807) is 12.1 Å². The van der Waals surface area contributed by atoms with Crippen molar-refractivity contribution in [3.05, 3.63) is 24.2 Å². The molecule has 1 aromatic heterocycles. The lowest BCUT2D eigenvalue weighted by molar-refractivity contribution is -0.158. The molecule has 0 saturated heterocycles. The molecule has 0 bridgehead atoms. The Balaban J connectivity index is 2.38. The highest BCUT2D eigenvalue weighted by atomic mass is 16.4. The first-order valence-electron chi connectivity index (χ1n) is 5.51. The standard InChI is InChI=1S/C12H12O6/c13-6-4-7(9-2-1-3-18-9)10(12(16)17)8(5-6)11(14)15/h1-3,7-8,10H,4-5H2,(H,14,15)(H,16,17). The van der Waals surface area contributed by atoms with Gasteiger partial charge in [-0.15, -0.1) is 0 Å². The van der Waals surface area contributed by atoms with Gasteiger partial charge in [0, 0.05) is 18.8 Å². The normalized spacial score (nSPS) is 28.0. The summed E-state index contributed by atoms with van der Waals surface area (Å²) in [4.78, 5) is 33.9. The van der Waals surface area contributed by atoms with Crippen molar-refractivity contribution >= 4 is 17.7 Å². The molecule has 2 rings (SSSR count). The topological polar surface area (TPSA) is 105 Å². The minimum Gasteiger partial charge on any atom is -0.481 e. The Morgan fingerprint density at radius 2 is 1.94 bits per heavy atom. The number of furan rings is 1. The molecule has 1 aliphatic carbocycles. The molecular weight excluding hydrogens is 240 g/mol. The third kappa shape index (κ3) is 2.13. The fraction of sp³-hybridized carbons (Fsp3) is 0.417. The number of hydrogen-bond donors (Lipinski definition) is 2. The van der Waals surface area contributed by atoms with Crippen LogP contribution in [0.4, 0.5) is 0 Å². The van der Waals surface area contributed by atoms with Crippen molar-refractivity contribution < 1.29 is 29.0 Å².